The van der Waals surface area contributed by atoms with Gasteiger partial charge in [-0.05, 0) is 28.0 Å². The first-order valence-corrected chi connectivity index (χ1v) is 8.77. The predicted octanol–water partition coefficient (Wildman–Crippen LogP) is 2.91. The van der Waals surface area contributed by atoms with Gasteiger partial charge in [0.15, 0.2) is 0 Å². The molecule has 1 saturated carbocycles. The van der Waals surface area contributed by atoms with Gasteiger partial charge in [0.1, 0.15) is 11.8 Å². The second-order valence-electron chi connectivity index (χ2n) is 6.78. The Morgan fingerprint density at radius 1 is 0.621 bits per heavy atom. The van der Waals surface area contributed by atoms with Crippen LogP contribution in [0.2, 0.25) is 0 Å². The van der Waals surface area contributed by atoms with E-state index in [4.69, 9.17) is 0 Å². The van der Waals surface area contributed by atoms with Crippen LogP contribution in [-0.4, -0.2) is 28.1 Å². The molecule has 7 heteroatoms. The van der Waals surface area contributed by atoms with Crippen LogP contribution < -0.4 is 0 Å². The molecular formula is C22H13NO6. The van der Waals surface area contributed by atoms with Crippen LogP contribution in [0, 0.1) is 10.1 Å². The number of benzene rings is 3. The number of nitro benzene ring substituents is 1. The molecule has 0 amide bonds. The fourth-order valence-electron chi connectivity index (χ4n) is 3.59. The smallest absolute Gasteiger partial charge is 0.269 e. The number of fused-ring (bicyclic) bond motifs is 1. The van der Waals surface area contributed by atoms with Crippen LogP contribution in [0.15, 0.2) is 66.7 Å². The lowest BCUT2D eigenvalue weighted by Gasteiger charge is -2.24. The molecule has 0 atom stereocenters. The summed E-state index contributed by atoms with van der Waals surface area (Å²) in [6, 6.07) is 16.9. The molecular weight excluding hydrogens is 374 g/mol. The van der Waals surface area contributed by atoms with Crippen molar-refractivity contribution >= 4 is 39.6 Å². The van der Waals surface area contributed by atoms with Crippen LogP contribution in [0.4, 0.5) is 5.69 Å². The lowest BCUT2D eigenvalue weighted by atomic mass is 9.72. The molecule has 0 saturated heterocycles. The van der Waals surface area contributed by atoms with Gasteiger partial charge in [0.2, 0.25) is 23.1 Å². The minimum absolute atomic E-state index is 0.0873. The Bertz CT molecular complexity index is 1180. The zero-order valence-corrected chi connectivity index (χ0v) is 14.9. The number of nitro groups is 1. The van der Waals surface area contributed by atoms with Crippen LogP contribution in [-0.2, 0) is 19.2 Å². The van der Waals surface area contributed by atoms with Crippen LogP contribution >= 0.6 is 0 Å². The van der Waals surface area contributed by atoms with Gasteiger partial charge in [0.05, 0.1) is 4.92 Å². The number of carbonyl (C=O) groups is 4. The minimum Gasteiger partial charge on any atom is -0.290 e. The Labute approximate surface area is 164 Å². The molecule has 7 nitrogen and oxygen atoms in total. The third-order valence-electron chi connectivity index (χ3n) is 5.08. The Morgan fingerprint density at radius 2 is 1.10 bits per heavy atom. The van der Waals surface area contributed by atoms with E-state index in [2.05, 4.69) is 0 Å². The van der Waals surface area contributed by atoms with Gasteiger partial charge < -0.3 is 0 Å². The van der Waals surface area contributed by atoms with E-state index in [1.54, 1.807) is 30.3 Å². The normalized spacial score (nSPS) is 19.6. The Balaban J connectivity index is 1.71. The Morgan fingerprint density at radius 3 is 1.66 bits per heavy atom. The molecule has 0 spiro atoms. The van der Waals surface area contributed by atoms with E-state index in [0.29, 0.717) is 5.56 Å². The maximum absolute atomic E-state index is 12.7. The first kappa shape index (κ1) is 18.4. The number of hydrogen-bond acceptors (Lipinski definition) is 6. The third kappa shape index (κ3) is 3.02. The summed E-state index contributed by atoms with van der Waals surface area (Å²) in [5, 5.41) is 12.5. The summed E-state index contributed by atoms with van der Waals surface area (Å²) in [6.07, 6.45) is 0. The maximum atomic E-state index is 12.7. The zero-order chi connectivity index (χ0) is 20.7. The summed E-state index contributed by atoms with van der Waals surface area (Å²) in [5.74, 6) is -6.90. The van der Waals surface area contributed by atoms with Crippen molar-refractivity contribution in [3.05, 3.63) is 88.0 Å². The molecule has 0 heterocycles. The fraction of sp³-hybridized carbons (Fsp3) is 0.0909. The molecule has 29 heavy (non-hydrogen) atoms. The van der Waals surface area contributed by atoms with Gasteiger partial charge in [-0.25, -0.2) is 0 Å². The van der Waals surface area contributed by atoms with Crippen molar-refractivity contribution in [1.29, 1.82) is 0 Å². The molecule has 3 aromatic carbocycles. The average Bonchev–Trinajstić information content (AvgIpc) is 2.73. The first-order valence-electron chi connectivity index (χ1n) is 8.77. The highest BCUT2D eigenvalue weighted by atomic mass is 16.6. The van der Waals surface area contributed by atoms with E-state index < -0.39 is 39.9 Å². The van der Waals surface area contributed by atoms with Gasteiger partial charge in [-0.15, -0.1) is 0 Å². The van der Waals surface area contributed by atoms with Crippen molar-refractivity contribution in [2.45, 2.75) is 11.8 Å². The molecule has 0 aliphatic heterocycles. The molecule has 142 valence electrons. The molecule has 4 rings (SSSR count). The number of hydrogen-bond donors (Lipinski definition) is 0. The number of ketones is 4. The SMILES string of the molecule is O=C1C(=O)C(c2ccc3ccccc3c2)C(=O)C(=O)C1c1ccc([N+](=O)[O-])cc1. The summed E-state index contributed by atoms with van der Waals surface area (Å²) in [6.45, 7) is 0. The van der Waals surface area contributed by atoms with Crippen molar-refractivity contribution in [3.63, 3.8) is 0 Å². The molecule has 0 N–H and O–H groups in total. The van der Waals surface area contributed by atoms with Crippen molar-refractivity contribution in [1.82, 2.24) is 0 Å². The largest absolute Gasteiger partial charge is 0.290 e. The van der Waals surface area contributed by atoms with Crippen LogP contribution in [0.5, 0.6) is 0 Å². The summed E-state index contributed by atoms with van der Waals surface area (Å²) in [5.41, 5.74) is 0.156. The van der Waals surface area contributed by atoms with Gasteiger partial charge >= 0.3 is 0 Å². The lowest BCUT2D eigenvalue weighted by Crippen LogP contribution is -2.46. The highest BCUT2D eigenvalue weighted by molar-refractivity contribution is 6.63. The quantitative estimate of drug-likeness (QED) is 0.296. The number of Topliss-reactive ketones (excluding diaryl/α,β-unsaturated/α-hetero) is 4. The summed E-state index contributed by atoms with van der Waals surface area (Å²) < 4.78 is 0. The predicted molar refractivity (Wildman–Crippen MR) is 103 cm³/mol. The highest BCUT2D eigenvalue weighted by Gasteiger charge is 2.49. The van der Waals surface area contributed by atoms with Crippen LogP contribution in [0.25, 0.3) is 10.8 Å². The van der Waals surface area contributed by atoms with Crippen molar-refractivity contribution in [2.75, 3.05) is 0 Å². The molecule has 0 bridgehead atoms. The standard InChI is InChI=1S/C22H13NO6/c24-19-17(13-7-9-16(10-8-13)23(28)29)20(25)22(27)18(21(19)26)15-6-5-12-3-1-2-4-14(12)11-15/h1-11,17-18H. The van der Waals surface area contributed by atoms with Gasteiger partial charge in [-0.2, -0.15) is 0 Å². The summed E-state index contributed by atoms with van der Waals surface area (Å²) in [7, 11) is 0. The van der Waals surface area contributed by atoms with Crippen molar-refractivity contribution in [2.24, 2.45) is 0 Å². The lowest BCUT2D eigenvalue weighted by molar-refractivity contribution is -0.384. The molecule has 3 aromatic rings. The monoisotopic (exact) mass is 387 g/mol. The first-order chi connectivity index (χ1) is 13.9. The van der Waals surface area contributed by atoms with Crippen LogP contribution in [0.1, 0.15) is 23.0 Å². The van der Waals surface area contributed by atoms with Crippen molar-refractivity contribution < 1.29 is 24.1 Å². The number of rotatable bonds is 3. The van der Waals surface area contributed by atoms with E-state index >= 15 is 0 Å². The molecule has 1 fully saturated rings. The third-order valence-corrected chi connectivity index (χ3v) is 5.08. The molecule has 1 aliphatic carbocycles. The Kier molecular flexibility index (Phi) is 4.35. The fourth-order valence-corrected chi connectivity index (χ4v) is 3.59. The second kappa shape index (κ2) is 6.87. The average molecular weight is 387 g/mol. The number of nitrogens with zero attached hydrogens (tertiary/aromatic N) is 1. The van der Waals surface area contributed by atoms with Gasteiger partial charge in [0.25, 0.3) is 5.69 Å². The number of non-ortho nitro benzene ring substituents is 1. The maximum Gasteiger partial charge on any atom is 0.269 e. The van der Waals surface area contributed by atoms with E-state index in [0.717, 1.165) is 22.9 Å². The highest BCUT2D eigenvalue weighted by Crippen LogP contribution is 2.33. The topological polar surface area (TPSA) is 111 Å². The summed E-state index contributed by atoms with van der Waals surface area (Å²) >= 11 is 0. The van der Waals surface area contributed by atoms with Crippen LogP contribution in [0.3, 0.4) is 0 Å². The van der Waals surface area contributed by atoms with Gasteiger partial charge in [-0.3, -0.25) is 29.3 Å². The van der Waals surface area contributed by atoms with E-state index in [1.807, 2.05) is 12.1 Å². The number of carbonyl (C=O) groups excluding carboxylic acids is 4. The van der Waals surface area contributed by atoms with Gasteiger partial charge in [-0.1, -0.05) is 48.5 Å². The Hall–Kier alpha value is -4.00. The van der Waals surface area contributed by atoms with Gasteiger partial charge in [0, 0.05) is 12.1 Å². The van der Waals surface area contributed by atoms with E-state index in [1.165, 1.54) is 12.1 Å². The van der Waals surface area contributed by atoms with E-state index in [-0.39, 0.29) is 11.3 Å². The van der Waals surface area contributed by atoms with E-state index in [9.17, 15) is 29.3 Å². The molecule has 0 radical (unpaired) electrons. The minimum atomic E-state index is -1.56. The summed E-state index contributed by atoms with van der Waals surface area (Å²) in [4.78, 5) is 61.0. The molecule has 0 unspecified atom stereocenters. The molecule has 1 aliphatic rings. The second-order valence-corrected chi connectivity index (χ2v) is 6.78. The zero-order valence-electron chi connectivity index (χ0n) is 14.9. The molecule has 0 aromatic heterocycles. The van der Waals surface area contributed by atoms with Crippen molar-refractivity contribution in [3.8, 4) is 0 Å².